The zero-order valence-corrected chi connectivity index (χ0v) is 20.5. The number of ether oxygens (including phenoxy) is 3. The first-order valence-electron chi connectivity index (χ1n) is 10.6. The van der Waals surface area contributed by atoms with Gasteiger partial charge in [-0.3, -0.25) is 4.90 Å². The van der Waals surface area contributed by atoms with Crippen LogP contribution >= 0.6 is 11.6 Å². The van der Waals surface area contributed by atoms with Crippen LogP contribution in [0.4, 0.5) is 32.6 Å². The molecule has 0 fully saturated rings. The van der Waals surface area contributed by atoms with Crippen molar-refractivity contribution in [1.29, 1.82) is 0 Å². The molecule has 0 spiro atoms. The molecule has 1 N–H and O–H groups in total. The van der Waals surface area contributed by atoms with Crippen molar-refractivity contribution in [2.45, 2.75) is 58.2 Å². The molecule has 36 heavy (non-hydrogen) atoms. The highest BCUT2D eigenvalue weighted by Gasteiger charge is 2.37. The highest BCUT2D eigenvalue weighted by atomic mass is 35.5. The summed E-state index contributed by atoms with van der Waals surface area (Å²) in [6.45, 7) is 1.13. The number of nitrogens with zero attached hydrogens (tertiary/aromatic N) is 3. The number of anilines is 1. The predicted molar refractivity (Wildman–Crippen MR) is 119 cm³/mol. The van der Waals surface area contributed by atoms with Crippen LogP contribution < -0.4 is 9.64 Å². The van der Waals surface area contributed by atoms with Crippen molar-refractivity contribution in [2.24, 2.45) is 0 Å². The third-order valence-corrected chi connectivity index (χ3v) is 5.66. The third-order valence-electron chi connectivity index (χ3n) is 5.28. The van der Waals surface area contributed by atoms with Gasteiger partial charge < -0.3 is 19.3 Å². The largest absolute Gasteiger partial charge is 0.452 e. The monoisotopic (exact) mass is 541 g/mol. The standard InChI is InChI=1S/C22H25ClF5N3O5/c1-11-15(5-7-29-18(11)23)16(6-8-35-13(3)12(2)32)31(21(33)34-4)19-17(36-20(24)25)9-14(10-30-19)22(26,27)28/h5,7,9-10,12-13,16,20,32H,6,8H2,1-4H3/t12-,13?,16?/m1/s1. The molecule has 0 aliphatic rings. The molecule has 14 heteroatoms. The van der Waals surface area contributed by atoms with Gasteiger partial charge in [0.15, 0.2) is 11.6 Å². The smallest absolute Gasteiger partial charge is 0.418 e. The minimum Gasteiger partial charge on any atom is -0.452 e. The number of halogens is 6. The summed E-state index contributed by atoms with van der Waals surface area (Å²) in [4.78, 5) is 21.3. The van der Waals surface area contributed by atoms with Gasteiger partial charge in [-0.25, -0.2) is 14.8 Å². The van der Waals surface area contributed by atoms with Crippen molar-refractivity contribution in [3.8, 4) is 5.75 Å². The van der Waals surface area contributed by atoms with E-state index in [0.29, 0.717) is 23.4 Å². The first-order chi connectivity index (χ1) is 16.8. The highest BCUT2D eigenvalue weighted by molar-refractivity contribution is 6.30. The van der Waals surface area contributed by atoms with Crippen LogP contribution in [0.15, 0.2) is 24.5 Å². The van der Waals surface area contributed by atoms with Gasteiger partial charge in [-0.1, -0.05) is 11.6 Å². The number of hydrogen-bond donors (Lipinski definition) is 1. The number of aliphatic hydroxyl groups is 1. The second-order valence-electron chi connectivity index (χ2n) is 7.70. The average Bonchev–Trinajstić information content (AvgIpc) is 2.79. The van der Waals surface area contributed by atoms with Gasteiger partial charge in [-0.2, -0.15) is 22.0 Å². The van der Waals surface area contributed by atoms with Crippen molar-refractivity contribution in [3.63, 3.8) is 0 Å². The van der Waals surface area contributed by atoms with Crippen LogP contribution in [0.5, 0.6) is 5.75 Å². The lowest BCUT2D eigenvalue weighted by molar-refractivity contribution is -0.138. The Morgan fingerprint density at radius 2 is 1.92 bits per heavy atom. The van der Waals surface area contributed by atoms with E-state index in [1.807, 2.05) is 0 Å². The summed E-state index contributed by atoms with van der Waals surface area (Å²) in [5.74, 6) is -1.64. The summed E-state index contributed by atoms with van der Waals surface area (Å²) in [6.07, 6.45) is -5.75. The van der Waals surface area contributed by atoms with E-state index in [-0.39, 0.29) is 18.2 Å². The van der Waals surface area contributed by atoms with Gasteiger partial charge in [-0.15, -0.1) is 0 Å². The molecule has 1 amide bonds. The zero-order chi connectivity index (χ0) is 27.2. The number of amides is 1. The van der Waals surface area contributed by atoms with E-state index >= 15 is 0 Å². The summed E-state index contributed by atoms with van der Waals surface area (Å²) in [6, 6.07) is 0.737. The molecular weight excluding hydrogens is 517 g/mol. The molecule has 0 saturated carbocycles. The summed E-state index contributed by atoms with van der Waals surface area (Å²) < 4.78 is 80.8. The minimum atomic E-state index is -4.92. The SMILES string of the molecule is COC(=O)N(c1ncc(C(F)(F)F)cc1OC(F)F)C(CCOC(C)[C@@H](C)O)c1ccnc(Cl)c1C. The number of rotatable bonds is 10. The van der Waals surface area contributed by atoms with Crippen LogP contribution in [0.1, 0.15) is 43.0 Å². The van der Waals surface area contributed by atoms with Crippen LogP contribution in [0.2, 0.25) is 5.15 Å². The predicted octanol–water partition coefficient (Wildman–Crippen LogP) is 5.55. The van der Waals surface area contributed by atoms with Gasteiger partial charge >= 0.3 is 18.9 Å². The van der Waals surface area contributed by atoms with E-state index in [4.69, 9.17) is 21.1 Å². The summed E-state index contributed by atoms with van der Waals surface area (Å²) in [7, 11) is 1.00. The maximum Gasteiger partial charge on any atom is 0.418 e. The van der Waals surface area contributed by atoms with E-state index in [0.717, 1.165) is 12.0 Å². The number of alkyl halides is 5. The topological polar surface area (TPSA) is 94.0 Å². The summed E-state index contributed by atoms with van der Waals surface area (Å²) in [5, 5.41) is 9.76. The third kappa shape index (κ3) is 7.37. The van der Waals surface area contributed by atoms with Crippen molar-refractivity contribution in [1.82, 2.24) is 9.97 Å². The molecule has 0 saturated heterocycles. The van der Waals surface area contributed by atoms with Crippen LogP contribution in [-0.4, -0.2) is 53.7 Å². The lowest BCUT2D eigenvalue weighted by Gasteiger charge is -2.32. The molecule has 2 rings (SSSR count). The minimum absolute atomic E-state index is 0.0236. The molecule has 2 heterocycles. The molecule has 0 bridgehead atoms. The average molecular weight is 542 g/mol. The Morgan fingerprint density at radius 1 is 1.25 bits per heavy atom. The second kappa shape index (κ2) is 12.5. The first-order valence-corrected chi connectivity index (χ1v) is 11.0. The lowest BCUT2D eigenvalue weighted by atomic mass is 9.99. The number of hydrogen-bond acceptors (Lipinski definition) is 7. The van der Waals surface area contributed by atoms with Crippen molar-refractivity contribution in [3.05, 3.63) is 46.4 Å². The number of aliphatic hydroxyl groups excluding tert-OH is 1. The van der Waals surface area contributed by atoms with Gasteiger partial charge in [0, 0.05) is 19.0 Å². The number of pyridine rings is 2. The van der Waals surface area contributed by atoms with E-state index in [2.05, 4.69) is 14.7 Å². The maximum absolute atomic E-state index is 13.2. The fourth-order valence-corrected chi connectivity index (χ4v) is 3.39. The van der Waals surface area contributed by atoms with Crippen molar-refractivity contribution < 1.29 is 46.1 Å². The van der Waals surface area contributed by atoms with Gasteiger partial charge in [0.05, 0.1) is 30.9 Å². The number of carbonyl (C=O) groups excluding carboxylic acids is 1. The van der Waals surface area contributed by atoms with E-state index in [9.17, 15) is 31.9 Å². The molecule has 3 atom stereocenters. The molecule has 200 valence electrons. The first kappa shape index (κ1) is 29.5. The summed E-state index contributed by atoms with van der Waals surface area (Å²) >= 11 is 6.14. The number of aromatic nitrogens is 2. The molecule has 2 aromatic rings. The Bertz CT molecular complexity index is 1040. The molecule has 2 unspecified atom stereocenters. The Kier molecular flexibility index (Phi) is 10.2. The molecule has 0 aromatic carbocycles. The lowest BCUT2D eigenvalue weighted by Crippen LogP contribution is -2.37. The second-order valence-corrected chi connectivity index (χ2v) is 8.06. The quantitative estimate of drug-likeness (QED) is 0.311. The number of carbonyl (C=O) groups is 1. The van der Waals surface area contributed by atoms with Gasteiger partial charge in [0.1, 0.15) is 5.15 Å². The van der Waals surface area contributed by atoms with E-state index < -0.39 is 54.3 Å². The maximum atomic E-state index is 13.2. The van der Waals surface area contributed by atoms with Gasteiger partial charge in [-0.05, 0) is 50.5 Å². The van der Waals surface area contributed by atoms with Gasteiger partial charge in [0.2, 0.25) is 0 Å². The highest BCUT2D eigenvalue weighted by Crippen LogP contribution is 2.40. The molecule has 2 aromatic heterocycles. The van der Waals surface area contributed by atoms with Gasteiger partial charge in [0.25, 0.3) is 0 Å². The fourth-order valence-electron chi connectivity index (χ4n) is 3.23. The fraction of sp³-hybridized carbons (Fsp3) is 0.500. The molecule has 0 aliphatic carbocycles. The van der Waals surface area contributed by atoms with Crippen molar-refractivity contribution >= 4 is 23.5 Å². The van der Waals surface area contributed by atoms with E-state index in [1.165, 1.54) is 19.2 Å². The van der Waals surface area contributed by atoms with Crippen LogP contribution in [-0.2, 0) is 15.7 Å². The Balaban J connectivity index is 2.68. The van der Waals surface area contributed by atoms with Crippen LogP contribution in [0.3, 0.4) is 0 Å². The Morgan fingerprint density at radius 3 is 2.47 bits per heavy atom. The molecule has 8 nitrogen and oxygen atoms in total. The summed E-state index contributed by atoms with van der Waals surface area (Å²) in [5.41, 5.74) is -0.580. The molecular formula is C22H25ClF5N3O5. The Labute approximate surface area is 208 Å². The van der Waals surface area contributed by atoms with Crippen molar-refractivity contribution in [2.75, 3.05) is 18.6 Å². The van der Waals surface area contributed by atoms with Crippen LogP contribution in [0.25, 0.3) is 0 Å². The molecule has 0 aliphatic heterocycles. The zero-order valence-electron chi connectivity index (χ0n) is 19.7. The van der Waals surface area contributed by atoms with Crippen LogP contribution in [0, 0.1) is 6.92 Å². The Hall–Kier alpha value is -2.77. The van der Waals surface area contributed by atoms with E-state index in [1.54, 1.807) is 13.8 Å². The molecule has 0 radical (unpaired) electrons. The normalized spacial score (nSPS) is 14.3. The number of methoxy groups -OCH3 is 1.